The van der Waals surface area contributed by atoms with Crippen LogP contribution < -0.4 is 108 Å². The maximum atomic E-state index is 14.9. The Bertz CT molecular complexity index is 3630. The molecule has 28 N–H and O–H groups in total. The van der Waals surface area contributed by atoms with Gasteiger partial charge in [-0.25, -0.2) is 0 Å². The fraction of sp³-hybridized carbons (Fsp3) is 0.595. The molecule has 0 aromatic heterocycles. The van der Waals surface area contributed by atoms with Crippen LogP contribution in [0.4, 0.5) is 0 Å². The highest BCUT2D eigenvalue weighted by Gasteiger charge is 2.40. The van der Waals surface area contributed by atoms with Crippen molar-refractivity contribution in [2.45, 2.75) is 212 Å². The lowest BCUT2D eigenvalue weighted by molar-refractivity contribution is -0.142. The highest BCUT2D eigenvalue weighted by Crippen LogP contribution is 2.18. The minimum absolute atomic E-state index is 0.000287. The number of benzene rings is 2. The van der Waals surface area contributed by atoms with E-state index in [2.05, 4.69) is 85.1 Å². The number of carboxylic acids is 1. The van der Waals surface area contributed by atoms with Gasteiger partial charge in [-0.05, 0) is 85.7 Å². The molecule has 1 saturated heterocycles. The van der Waals surface area contributed by atoms with Crippen molar-refractivity contribution in [3.63, 3.8) is 0 Å². The third kappa shape index (κ3) is 36.0. The minimum atomic E-state index is -2.01. The van der Waals surface area contributed by atoms with E-state index in [4.69, 9.17) is 39.2 Å². The first-order valence-electron chi connectivity index (χ1n) is 38.0. The van der Waals surface area contributed by atoms with Gasteiger partial charge in [-0.1, -0.05) is 136 Å². The Kier molecular flexibility index (Phi) is 42.4. The lowest BCUT2D eigenvalue weighted by Gasteiger charge is -2.31. The van der Waals surface area contributed by atoms with E-state index in [1.165, 1.54) is 13.8 Å². The molecule has 0 radical (unpaired) electrons. The summed E-state index contributed by atoms with van der Waals surface area (Å²) in [4.78, 5) is 215. The number of hydrogen-bond acceptors (Lipinski definition) is 19. The molecule has 632 valence electrons. The molecule has 13 atom stereocenters. The van der Waals surface area contributed by atoms with Crippen molar-refractivity contribution < 1.29 is 77.0 Å². The van der Waals surface area contributed by atoms with Gasteiger partial charge in [0.25, 0.3) is 0 Å². The highest BCUT2D eigenvalue weighted by atomic mass is 32.2. The Balaban J connectivity index is 2.38. The van der Waals surface area contributed by atoms with Gasteiger partial charge in [-0.2, -0.15) is 0 Å². The summed E-state index contributed by atoms with van der Waals surface area (Å²) in [5.74, 6) is -20.3. The van der Waals surface area contributed by atoms with Gasteiger partial charge in [0.05, 0.1) is 18.7 Å². The van der Waals surface area contributed by atoms with Crippen LogP contribution in [-0.4, -0.2) is 222 Å². The van der Waals surface area contributed by atoms with E-state index in [0.29, 0.717) is 17.5 Å². The molecule has 40 heteroatoms. The molecule has 0 unspecified atom stereocenters. The average Bonchev–Trinajstić information content (AvgIpc) is 0.846. The molecule has 2 aromatic carbocycles. The fourth-order valence-electron chi connectivity index (χ4n) is 11.8. The molecular weight excluding hydrogens is 1500 g/mol. The van der Waals surface area contributed by atoms with E-state index in [0.717, 1.165) is 11.8 Å². The summed E-state index contributed by atoms with van der Waals surface area (Å²) in [6.07, 6.45) is -1.94. The van der Waals surface area contributed by atoms with Crippen LogP contribution in [0, 0.1) is 45.8 Å². The van der Waals surface area contributed by atoms with Gasteiger partial charge in [-0.3, -0.25) is 88.1 Å². The van der Waals surface area contributed by atoms with Crippen molar-refractivity contribution in [2.75, 3.05) is 37.7 Å². The van der Waals surface area contributed by atoms with Gasteiger partial charge in [0, 0.05) is 38.2 Å². The Morgan fingerprint density at radius 1 is 0.439 bits per heavy atom. The lowest BCUT2D eigenvalue weighted by atomic mass is 9.95. The maximum absolute atomic E-state index is 14.9. The second-order valence-electron chi connectivity index (χ2n) is 29.4. The van der Waals surface area contributed by atoms with E-state index >= 15 is 0 Å². The van der Waals surface area contributed by atoms with Crippen LogP contribution in [0.3, 0.4) is 0 Å². The molecule has 114 heavy (non-hydrogen) atoms. The Morgan fingerprint density at radius 2 is 0.772 bits per heavy atom. The van der Waals surface area contributed by atoms with Crippen LogP contribution in [0.15, 0.2) is 60.7 Å². The zero-order valence-corrected chi connectivity index (χ0v) is 67.2. The molecule has 1 fully saturated rings. The average molecular weight is 1620 g/mol. The Hall–Kier alpha value is -11.3. The fourth-order valence-corrected chi connectivity index (χ4v) is 12.6. The molecule has 0 spiro atoms. The number of nitrogens with two attached hydrogens (primary N) is 4. The number of nitrogens with one attached hydrogen (secondary N) is 19. The maximum Gasteiger partial charge on any atom is 0.305 e. The molecule has 0 bridgehead atoms. The summed E-state index contributed by atoms with van der Waals surface area (Å²) in [5, 5.41) is 75.1. The Labute approximate surface area is 668 Å². The molecule has 0 saturated carbocycles. The van der Waals surface area contributed by atoms with Gasteiger partial charge in [-0.15, -0.1) is 11.8 Å². The van der Waals surface area contributed by atoms with Crippen LogP contribution in [0.5, 0.6) is 0 Å². The normalized spacial score (nSPS) is 23.4. The summed E-state index contributed by atoms with van der Waals surface area (Å²) in [6, 6.07) is -1.69. The quantitative estimate of drug-likeness (QED) is 0.0219. The van der Waals surface area contributed by atoms with E-state index in [-0.39, 0.29) is 83.3 Å². The molecule has 1 heterocycles. The van der Waals surface area contributed by atoms with Crippen LogP contribution in [-0.2, 0) is 84.8 Å². The first kappa shape index (κ1) is 96.8. The third-order valence-corrected chi connectivity index (χ3v) is 19.2. The monoisotopic (exact) mass is 1620 g/mol. The zero-order valence-electron chi connectivity index (χ0n) is 66.4. The lowest BCUT2D eigenvalue weighted by Crippen LogP contribution is -2.62. The number of aliphatic carboxylic acids is 1. The van der Waals surface area contributed by atoms with Gasteiger partial charge >= 0.3 is 5.97 Å². The third-order valence-electron chi connectivity index (χ3n) is 18.2. The second kappa shape index (κ2) is 49.9. The summed E-state index contributed by atoms with van der Waals surface area (Å²) in [6.45, 7) is 15.6. The summed E-state index contributed by atoms with van der Waals surface area (Å²) >= 11 is 0.807. The number of carbonyl (C=O) groups excluding carboxylic acids is 14. The number of primary amides is 1. The van der Waals surface area contributed by atoms with Crippen molar-refractivity contribution in [1.82, 2.24) is 85.1 Å². The molecule has 1 aliphatic rings. The highest BCUT2D eigenvalue weighted by molar-refractivity contribution is 8.00. The van der Waals surface area contributed by atoms with Crippen molar-refractivity contribution in [3.8, 4) is 0 Å². The number of carboxylic acid groups (broad SMARTS) is 1. The number of guanidine groups is 3. The summed E-state index contributed by atoms with van der Waals surface area (Å²) in [5.41, 5.74) is 23.1. The van der Waals surface area contributed by atoms with Gasteiger partial charge in [0.2, 0.25) is 82.7 Å². The van der Waals surface area contributed by atoms with E-state index < -0.39 is 227 Å². The van der Waals surface area contributed by atoms with Crippen LogP contribution in [0.1, 0.15) is 138 Å². The summed E-state index contributed by atoms with van der Waals surface area (Å²) in [7, 11) is 0. The second-order valence-corrected chi connectivity index (χ2v) is 30.4. The van der Waals surface area contributed by atoms with Crippen molar-refractivity contribution >= 4 is 118 Å². The molecule has 14 amide bonds. The Morgan fingerprint density at radius 3 is 1.18 bits per heavy atom. The van der Waals surface area contributed by atoms with Crippen LogP contribution in [0.2, 0.25) is 0 Å². The first-order chi connectivity index (χ1) is 53.7. The van der Waals surface area contributed by atoms with Gasteiger partial charge in [0.15, 0.2) is 17.9 Å². The van der Waals surface area contributed by atoms with Gasteiger partial charge < -0.3 is 113 Å². The molecule has 1 aliphatic heterocycles. The molecular formula is C74H119N23O16S. The largest absolute Gasteiger partial charge is 0.481 e. The zero-order chi connectivity index (χ0) is 85.5. The van der Waals surface area contributed by atoms with E-state index in [9.17, 15) is 77.0 Å². The van der Waals surface area contributed by atoms with Crippen molar-refractivity contribution in [2.24, 2.45) is 52.5 Å². The van der Waals surface area contributed by atoms with E-state index in [1.54, 1.807) is 116 Å². The standard InChI is InChI=1S/C74H119N23O16S/c1-11-42(10)59-71(113)96-58(41(8)9)70(112)95-57(40(6)7)68(110)89-46(26-19-29-83-73(78)79)61(103)91-51(34-55(100)101)66(108)88-47(27-20-30-84-74(80)81)63(105)94-56(39(4)5)69(111)92-50(33-44-23-16-13-17-24-44)65(107)87-45(25-18-28-82-72(76)77)62(104)93-52(60(102)85-35-53(75)98)36-114-37-54(99)86-49(32-43-21-14-12-15-22-43)64(106)90-48(31-38(2)3)67(109)97-59/h12-17,21-24,38-42,45-52,56-59H,11,18-20,25-37H2,1-10H3,(H2,75,98)(H,85,102)(H,86,99)(H,87,107)(H,88,108)(H,89,110)(H,90,106)(H,91,103)(H,92,111)(H,93,104)(H,94,105)(H,95,112)(H,96,113)(H,97,109)(H,100,101)(H4,76,77,82)(H4,78,79,83)(H4,80,81,84)/t42-,45-,46-,47-,48-,49-,50-,51-,52-,56-,57-,58-,59-/m0/s1. The van der Waals surface area contributed by atoms with Crippen molar-refractivity contribution in [3.05, 3.63) is 71.8 Å². The number of rotatable bonds is 28. The number of hydrogen-bond donors (Lipinski definition) is 24. The molecule has 2 aromatic rings. The summed E-state index contributed by atoms with van der Waals surface area (Å²) < 4.78 is 0. The number of thioether (sulfide) groups is 1. The smallest absolute Gasteiger partial charge is 0.305 e. The topological polar surface area (TPSA) is 644 Å². The minimum Gasteiger partial charge on any atom is -0.481 e. The van der Waals surface area contributed by atoms with Gasteiger partial charge in [0.1, 0.15) is 72.5 Å². The van der Waals surface area contributed by atoms with E-state index in [1.807, 2.05) is 0 Å². The predicted octanol–water partition coefficient (Wildman–Crippen LogP) is -4.04. The first-order valence-corrected chi connectivity index (χ1v) is 39.2. The SMILES string of the molecule is CC[C@H](C)[C@@H]1NC(=O)[C@H](CC(C)C)NC(=O)[C@H](Cc2ccccc2)NC(=O)CSC[C@@H](C(=O)NCC(N)=O)NC(=O)[C@H](CCCNC(=N)N)NC(=O)[C@H](Cc2ccccc2)NC(=O)[C@H](C(C)C)NC(=O)[C@H](CCCNC(=N)N)NC(=O)[C@H](CC(=O)O)NC(=O)[C@H](CCCNC(=N)N)NC(=O)[C@H](C(C)C)NC(=O)[C@H](C(C)C)NC1=O. The predicted molar refractivity (Wildman–Crippen MR) is 426 cm³/mol. The van der Waals surface area contributed by atoms with Crippen LogP contribution in [0.25, 0.3) is 0 Å². The van der Waals surface area contributed by atoms with Crippen molar-refractivity contribution in [1.29, 1.82) is 16.2 Å². The van der Waals surface area contributed by atoms with Crippen LogP contribution >= 0.6 is 11.8 Å². The number of amides is 14. The number of carbonyl (C=O) groups is 15. The molecule has 39 nitrogen and oxygen atoms in total. The molecule has 0 aliphatic carbocycles. The molecule has 3 rings (SSSR count).